The summed E-state index contributed by atoms with van der Waals surface area (Å²) >= 11 is 1.81. The summed E-state index contributed by atoms with van der Waals surface area (Å²) < 4.78 is 5.43. The second-order valence-electron chi connectivity index (χ2n) is 4.07. The van der Waals surface area contributed by atoms with Crippen molar-refractivity contribution in [2.45, 2.75) is 38.5 Å². The summed E-state index contributed by atoms with van der Waals surface area (Å²) in [7, 11) is 0. The van der Waals surface area contributed by atoms with Crippen molar-refractivity contribution in [3.63, 3.8) is 0 Å². The predicted molar refractivity (Wildman–Crippen MR) is 74.8 cm³/mol. The topological polar surface area (TPSA) is 29.5 Å². The van der Waals surface area contributed by atoms with Gasteiger partial charge in [-0.1, -0.05) is 26.0 Å². The molecule has 1 aromatic rings. The minimum absolute atomic E-state index is 0.408. The van der Waals surface area contributed by atoms with Crippen LogP contribution < -0.4 is 4.74 Å². The van der Waals surface area contributed by atoms with E-state index in [1.807, 2.05) is 43.0 Å². The van der Waals surface area contributed by atoms with Gasteiger partial charge >= 0.3 is 0 Å². The maximum absolute atomic E-state index is 10.1. The second kappa shape index (κ2) is 7.62. The number of aliphatic hydroxyl groups excluding tert-OH is 1. The molecule has 0 fully saturated rings. The van der Waals surface area contributed by atoms with Crippen molar-refractivity contribution < 1.29 is 9.84 Å². The SMILES string of the molecule is CCOc1cccc(C(O)CSC(C)CC)c1. The Hall–Kier alpha value is -0.670. The molecule has 0 aliphatic heterocycles. The van der Waals surface area contributed by atoms with E-state index in [1.54, 1.807) is 0 Å². The first-order valence-electron chi connectivity index (χ1n) is 6.19. The van der Waals surface area contributed by atoms with Crippen LogP contribution in [0.1, 0.15) is 38.9 Å². The van der Waals surface area contributed by atoms with Gasteiger partial charge in [0.2, 0.25) is 0 Å². The van der Waals surface area contributed by atoms with Crippen LogP contribution >= 0.6 is 11.8 Å². The molecule has 0 saturated heterocycles. The van der Waals surface area contributed by atoms with Gasteiger partial charge in [-0.2, -0.15) is 11.8 Å². The number of aliphatic hydroxyl groups is 1. The van der Waals surface area contributed by atoms with E-state index < -0.39 is 6.10 Å². The van der Waals surface area contributed by atoms with Gasteiger partial charge in [0.05, 0.1) is 12.7 Å². The largest absolute Gasteiger partial charge is 0.494 e. The zero-order valence-corrected chi connectivity index (χ0v) is 11.7. The lowest BCUT2D eigenvalue weighted by Gasteiger charge is -2.14. The van der Waals surface area contributed by atoms with E-state index in [4.69, 9.17) is 4.74 Å². The van der Waals surface area contributed by atoms with Crippen molar-refractivity contribution in [2.24, 2.45) is 0 Å². The number of hydrogen-bond donors (Lipinski definition) is 1. The molecule has 0 radical (unpaired) electrons. The number of rotatable bonds is 7. The van der Waals surface area contributed by atoms with E-state index in [2.05, 4.69) is 13.8 Å². The summed E-state index contributed by atoms with van der Waals surface area (Å²) in [6.45, 7) is 6.97. The Morgan fingerprint density at radius 1 is 1.35 bits per heavy atom. The van der Waals surface area contributed by atoms with Gasteiger partial charge in [-0.05, 0) is 31.0 Å². The molecule has 96 valence electrons. The summed E-state index contributed by atoms with van der Waals surface area (Å²) in [6, 6.07) is 7.72. The third-order valence-electron chi connectivity index (χ3n) is 2.67. The van der Waals surface area contributed by atoms with Crippen LogP contribution in [0, 0.1) is 0 Å². The molecule has 1 aromatic carbocycles. The highest BCUT2D eigenvalue weighted by Crippen LogP contribution is 2.25. The molecule has 0 aromatic heterocycles. The Balaban J connectivity index is 2.55. The molecule has 0 aliphatic rings. The third kappa shape index (κ3) is 5.00. The molecule has 0 aliphatic carbocycles. The van der Waals surface area contributed by atoms with E-state index in [9.17, 15) is 5.11 Å². The first-order chi connectivity index (χ1) is 8.17. The smallest absolute Gasteiger partial charge is 0.119 e. The van der Waals surface area contributed by atoms with Crippen LogP contribution in [0.2, 0.25) is 0 Å². The molecular formula is C14H22O2S. The molecule has 0 bridgehead atoms. The molecule has 0 saturated carbocycles. The molecule has 2 unspecified atom stereocenters. The van der Waals surface area contributed by atoms with Crippen LogP contribution in [-0.2, 0) is 0 Å². The van der Waals surface area contributed by atoms with E-state index in [0.717, 1.165) is 23.5 Å². The molecule has 0 heterocycles. The Labute approximate surface area is 108 Å². The van der Waals surface area contributed by atoms with E-state index in [1.165, 1.54) is 0 Å². The Morgan fingerprint density at radius 2 is 2.12 bits per heavy atom. The van der Waals surface area contributed by atoms with Crippen molar-refractivity contribution in [3.05, 3.63) is 29.8 Å². The Bertz CT molecular complexity index is 328. The van der Waals surface area contributed by atoms with Gasteiger partial charge < -0.3 is 9.84 Å². The highest BCUT2D eigenvalue weighted by Gasteiger charge is 2.10. The Kier molecular flexibility index (Phi) is 6.45. The highest BCUT2D eigenvalue weighted by molar-refractivity contribution is 7.99. The first-order valence-corrected chi connectivity index (χ1v) is 7.24. The van der Waals surface area contributed by atoms with Gasteiger partial charge in [-0.25, -0.2) is 0 Å². The normalized spacial score (nSPS) is 14.4. The molecule has 17 heavy (non-hydrogen) atoms. The number of benzene rings is 1. The van der Waals surface area contributed by atoms with E-state index >= 15 is 0 Å². The Morgan fingerprint density at radius 3 is 2.76 bits per heavy atom. The summed E-state index contributed by atoms with van der Waals surface area (Å²) in [5.74, 6) is 1.57. The first kappa shape index (κ1) is 14.4. The minimum Gasteiger partial charge on any atom is -0.494 e. The summed E-state index contributed by atoms with van der Waals surface area (Å²) in [6.07, 6.45) is 0.727. The lowest BCUT2D eigenvalue weighted by atomic mass is 10.1. The van der Waals surface area contributed by atoms with Crippen LogP contribution in [0.5, 0.6) is 5.75 Å². The maximum Gasteiger partial charge on any atom is 0.119 e. The van der Waals surface area contributed by atoms with Crippen molar-refractivity contribution >= 4 is 11.8 Å². The number of thioether (sulfide) groups is 1. The molecule has 1 rings (SSSR count). The fourth-order valence-corrected chi connectivity index (χ4v) is 2.39. The van der Waals surface area contributed by atoms with Crippen molar-refractivity contribution in [1.29, 1.82) is 0 Å². The standard InChI is InChI=1S/C14H22O2S/c1-4-11(3)17-10-14(15)12-7-6-8-13(9-12)16-5-2/h6-9,11,14-15H,4-5,10H2,1-3H3. The molecule has 3 heteroatoms. The van der Waals surface area contributed by atoms with Crippen LogP contribution in [0.4, 0.5) is 0 Å². The van der Waals surface area contributed by atoms with Gasteiger partial charge in [-0.3, -0.25) is 0 Å². The second-order valence-corrected chi connectivity index (χ2v) is 5.54. The fraction of sp³-hybridized carbons (Fsp3) is 0.571. The monoisotopic (exact) mass is 254 g/mol. The van der Waals surface area contributed by atoms with Gasteiger partial charge in [0.1, 0.15) is 5.75 Å². The lowest BCUT2D eigenvalue weighted by molar-refractivity contribution is 0.203. The summed E-state index contributed by atoms with van der Waals surface area (Å²) in [4.78, 5) is 0. The van der Waals surface area contributed by atoms with Crippen LogP contribution in [0.3, 0.4) is 0 Å². The van der Waals surface area contributed by atoms with Gasteiger partial charge in [0, 0.05) is 11.0 Å². The summed E-state index contributed by atoms with van der Waals surface area (Å²) in [5, 5.41) is 10.7. The molecular weight excluding hydrogens is 232 g/mol. The fourth-order valence-electron chi connectivity index (χ4n) is 1.45. The van der Waals surface area contributed by atoms with Crippen LogP contribution in [-0.4, -0.2) is 22.7 Å². The molecule has 0 spiro atoms. The number of ether oxygens (including phenoxy) is 1. The molecule has 2 atom stereocenters. The van der Waals surface area contributed by atoms with E-state index in [0.29, 0.717) is 11.9 Å². The molecule has 1 N–H and O–H groups in total. The quantitative estimate of drug-likeness (QED) is 0.805. The lowest BCUT2D eigenvalue weighted by Crippen LogP contribution is -2.05. The average molecular weight is 254 g/mol. The zero-order chi connectivity index (χ0) is 12.7. The maximum atomic E-state index is 10.1. The predicted octanol–water partition coefficient (Wildman–Crippen LogP) is 3.65. The van der Waals surface area contributed by atoms with Crippen LogP contribution in [0.15, 0.2) is 24.3 Å². The third-order valence-corrected chi connectivity index (χ3v) is 4.08. The van der Waals surface area contributed by atoms with E-state index in [-0.39, 0.29) is 0 Å². The average Bonchev–Trinajstić information content (AvgIpc) is 2.36. The van der Waals surface area contributed by atoms with Crippen molar-refractivity contribution in [2.75, 3.05) is 12.4 Å². The molecule has 2 nitrogen and oxygen atoms in total. The highest BCUT2D eigenvalue weighted by atomic mass is 32.2. The van der Waals surface area contributed by atoms with Gasteiger partial charge in [-0.15, -0.1) is 0 Å². The molecule has 0 amide bonds. The number of hydrogen-bond acceptors (Lipinski definition) is 3. The van der Waals surface area contributed by atoms with Gasteiger partial charge in [0.15, 0.2) is 0 Å². The van der Waals surface area contributed by atoms with Crippen LogP contribution in [0.25, 0.3) is 0 Å². The minimum atomic E-state index is -0.408. The summed E-state index contributed by atoms with van der Waals surface area (Å²) in [5.41, 5.74) is 0.937. The van der Waals surface area contributed by atoms with Crippen molar-refractivity contribution in [3.8, 4) is 5.75 Å². The zero-order valence-electron chi connectivity index (χ0n) is 10.8. The van der Waals surface area contributed by atoms with Gasteiger partial charge in [0.25, 0.3) is 0 Å². The van der Waals surface area contributed by atoms with Crippen molar-refractivity contribution in [1.82, 2.24) is 0 Å².